The van der Waals surface area contributed by atoms with Crippen LogP contribution in [0.2, 0.25) is 0 Å². The number of non-ortho nitro benzene ring substituents is 1. The fraction of sp³-hybridized carbons (Fsp3) is 0.188. The summed E-state index contributed by atoms with van der Waals surface area (Å²) in [7, 11) is 0. The minimum atomic E-state index is -0.578. The van der Waals surface area contributed by atoms with Crippen molar-refractivity contribution in [3.63, 3.8) is 0 Å². The van der Waals surface area contributed by atoms with E-state index in [2.05, 4.69) is 10.3 Å². The van der Waals surface area contributed by atoms with Gasteiger partial charge in [-0.05, 0) is 18.2 Å². The van der Waals surface area contributed by atoms with E-state index >= 15 is 0 Å². The van der Waals surface area contributed by atoms with Crippen LogP contribution in [0.5, 0.6) is 5.75 Å². The molecule has 128 valence electrons. The molecule has 0 atom stereocenters. The van der Waals surface area contributed by atoms with Crippen LogP contribution in [0.4, 0.5) is 11.4 Å². The molecule has 0 radical (unpaired) electrons. The van der Waals surface area contributed by atoms with Gasteiger partial charge in [0.15, 0.2) is 5.75 Å². The monoisotopic (exact) mass is 342 g/mol. The number of nitro groups is 1. The second-order valence-corrected chi connectivity index (χ2v) is 5.34. The van der Waals surface area contributed by atoms with E-state index < -0.39 is 10.9 Å². The highest BCUT2D eigenvalue weighted by molar-refractivity contribution is 5.89. The fourth-order valence-corrected chi connectivity index (χ4v) is 2.42. The minimum absolute atomic E-state index is 0.0722. The highest BCUT2D eigenvalue weighted by atomic mass is 16.6. The van der Waals surface area contributed by atoms with E-state index in [1.165, 1.54) is 23.1 Å². The molecule has 25 heavy (non-hydrogen) atoms. The number of ether oxygens (including phenoxy) is 1. The number of aromatic nitrogens is 1. The third kappa shape index (κ3) is 3.89. The number of benzene rings is 1. The van der Waals surface area contributed by atoms with Crippen LogP contribution in [0.1, 0.15) is 5.69 Å². The van der Waals surface area contributed by atoms with Crippen molar-refractivity contribution in [2.75, 3.05) is 18.0 Å². The Morgan fingerprint density at radius 3 is 2.92 bits per heavy atom. The zero-order valence-corrected chi connectivity index (χ0v) is 13.0. The van der Waals surface area contributed by atoms with Gasteiger partial charge in [-0.3, -0.25) is 19.9 Å². The molecule has 3 rings (SSSR count). The molecule has 0 fully saturated rings. The maximum absolute atomic E-state index is 12.1. The Morgan fingerprint density at radius 2 is 2.20 bits per heavy atom. The number of carbonyl (C=O) groups excluding carboxylic acids is 2. The van der Waals surface area contributed by atoms with Crippen molar-refractivity contribution in [3.05, 3.63) is 58.4 Å². The van der Waals surface area contributed by atoms with Crippen LogP contribution >= 0.6 is 0 Å². The Bertz CT molecular complexity index is 825. The summed E-state index contributed by atoms with van der Waals surface area (Å²) in [5.74, 6) is -0.807. The lowest BCUT2D eigenvalue weighted by atomic mass is 10.2. The third-order valence-electron chi connectivity index (χ3n) is 3.57. The summed E-state index contributed by atoms with van der Waals surface area (Å²) in [6.45, 7) is 0.0830. The van der Waals surface area contributed by atoms with E-state index in [1.54, 1.807) is 18.3 Å². The van der Waals surface area contributed by atoms with Crippen molar-refractivity contribution in [2.24, 2.45) is 0 Å². The highest BCUT2D eigenvalue weighted by Crippen LogP contribution is 2.34. The van der Waals surface area contributed by atoms with E-state index in [9.17, 15) is 19.7 Å². The summed E-state index contributed by atoms with van der Waals surface area (Å²) in [4.78, 5) is 39.7. The van der Waals surface area contributed by atoms with E-state index in [0.29, 0.717) is 11.4 Å². The molecule has 2 heterocycles. The van der Waals surface area contributed by atoms with Gasteiger partial charge in [0, 0.05) is 12.3 Å². The molecule has 9 heteroatoms. The van der Waals surface area contributed by atoms with Gasteiger partial charge in [-0.25, -0.2) is 4.79 Å². The van der Waals surface area contributed by atoms with Crippen molar-refractivity contribution in [2.45, 2.75) is 6.54 Å². The number of fused-ring (bicyclic) bond motifs is 1. The molecule has 0 saturated carbocycles. The van der Waals surface area contributed by atoms with Crippen LogP contribution in [0.15, 0.2) is 42.6 Å². The molecule has 9 nitrogen and oxygen atoms in total. The van der Waals surface area contributed by atoms with Crippen molar-refractivity contribution in [1.82, 2.24) is 10.3 Å². The third-order valence-corrected chi connectivity index (χ3v) is 3.57. The van der Waals surface area contributed by atoms with Crippen LogP contribution in [0, 0.1) is 10.1 Å². The van der Waals surface area contributed by atoms with Crippen LogP contribution in [0.3, 0.4) is 0 Å². The Hall–Kier alpha value is -3.49. The van der Waals surface area contributed by atoms with Crippen LogP contribution < -0.4 is 15.0 Å². The van der Waals surface area contributed by atoms with Gasteiger partial charge in [0.25, 0.3) is 5.69 Å². The van der Waals surface area contributed by atoms with Gasteiger partial charge in [0.2, 0.25) is 5.91 Å². The Labute approximate surface area is 142 Å². The highest BCUT2D eigenvalue weighted by Gasteiger charge is 2.27. The molecule has 0 saturated heterocycles. The standard InChI is InChI=1S/C16H14N4O5/c21-15(18-8-11-3-1-2-6-17-11)9-19-10-16(22)25-14-7-12(20(23)24)4-5-13(14)19/h1-7H,8-10H2,(H,18,21). The SMILES string of the molecule is O=C(CN1CC(=O)Oc2cc([N+](=O)[O-])ccc21)NCc1ccccn1. The second-order valence-electron chi connectivity index (χ2n) is 5.34. The maximum Gasteiger partial charge on any atom is 0.331 e. The number of nitrogens with one attached hydrogen (secondary N) is 1. The molecular formula is C16H14N4O5. The van der Waals surface area contributed by atoms with E-state index in [0.717, 1.165) is 0 Å². The van der Waals surface area contributed by atoms with Crippen LogP contribution in [0.25, 0.3) is 0 Å². The molecule has 0 aliphatic carbocycles. The lowest BCUT2D eigenvalue weighted by Crippen LogP contribution is -2.43. The average Bonchev–Trinajstić information content (AvgIpc) is 2.60. The first-order valence-corrected chi connectivity index (χ1v) is 7.43. The van der Waals surface area contributed by atoms with Crippen molar-refractivity contribution < 1.29 is 19.2 Å². The topological polar surface area (TPSA) is 115 Å². The summed E-state index contributed by atoms with van der Waals surface area (Å²) in [6.07, 6.45) is 1.63. The van der Waals surface area contributed by atoms with Crippen LogP contribution in [-0.2, 0) is 16.1 Å². The lowest BCUT2D eigenvalue weighted by Gasteiger charge is -2.28. The zero-order chi connectivity index (χ0) is 17.8. The van der Waals surface area contributed by atoms with E-state index in [4.69, 9.17) is 4.74 Å². The molecule has 0 unspecified atom stereocenters. The normalized spacial score (nSPS) is 13.0. The van der Waals surface area contributed by atoms with Gasteiger partial charge in [0.1, 0.15) is 6.54 Å². The fourth-order valence-electron chi connectivity index (χ4n) is 2.42. The summed E-state index contributed by atoms with van der Waals surface area (Å²) in [6, 6.07) is 9.32. The Morgan fingerprint density at radius 1 is 1.36 bits per heavy atom. The number of carbonyl (C=O) groups is 2. The van der Waals surface area contributed by atoms with Crippen molar-refractivity contribution >= 4 is 23.3 Å². The minimum Gasteiger partial charge on any atom is -0.423 e. The first-order valence-electron chi connectivity index (χ1n) is 7.43. The molecule has 1 aromatic heterocycles. The molecule has 1 aliphatic rings. The predicted octanol–water partition coefficient (Wildman–Crippen LogP) is 1.03. The van der Waals surface area contributed by atoms with Gasteiger partial charge in [-0.15, -0.1) is 0 Å². The first kappa shape index (κ1) is 16.4. The van der Waals surface area contributed by atoms with E-state index in [-0.39, 0.29) is 37.0 Å². The molecule has 1 aliphatic heterocycles. The number of hydrogen-bond donors (Lipinski definition) is 1. The lowest BCUT2D eigenvalue weighted by molar-refractivity contribution is -0.384. The van der Waals surface area contributed by atoms with Crippen molar-refractivity contribution in [3.8, 4) is 5.75 Å². The number of nitrogens with zero attached hydrogens (tertiary/aromatic N) is 3. The molecule has 1 N–H and O–H groups in total. The number of rotatable bonds is 5. The Balaban J connectivity index is 1.69. The quantitative estimate of drug-likeness (QED) is 0.373. The van der Waals surface area contributed by atoms with Crippen molar-refractivity contribution in [1.29, 1.82) is 0 Å². The summed E-state index contributed by atoms with van der Waals surface area (Å²) in [5, 5.41) is 13.5. The number of anilines is 1. The number of esters is 1. The second kappa shape index (κ2) is 6.95. The number of hydrogen-bond acceptors (Lipinski definition) is 7. The molecule has 2 aromatic rings. The van der Waals surface area contributed by atoms with Gasteiger partial charge in [-0.2, -0.15) is 0 Å². The number of pyridine rings is 1. The Kier molecular flexibility index (Phi) is 4.55. The molecule has 0 spiro atoms. The average molecular weight is 342 g/mol. The zero-order valence-electron chi connectivity index (χ0n) is 13.0. The van der Waals surface area contributed by atoms with Gasteiger partial charge in [0.05, 0.1) is 35.5 Å². The predicted molar refractivity (Wildman–Crippen MR) is 87.0 cm³/mol. The maximum atomic E-state index is 12.1. The number of amides is 1. The molecule has 0 bridgehead atoms. The smallest absolute Gasteiger partial charge is 0.331 e. The summed E-state index contributed by atoms with van der Waals surface area (Å²) in [5.41, 5.74) is 0.983. The van der Waals surface area contributed by atoms with Gasteiger partial charge >= 0.3 is 5.97 Å². The first-order chi connectivity index (χ1) is 12.0. The largest absolute Gasteiger partial charge is 0.423 e. The van der Waals surface area contributed by atoms with E-state index in [1.807, 2.05) is 6.07 Å². The van der Waals surface area contributed by atoms with Gasteiger partial charge < -0.3 is 15.0 Å². The number of nitro benzene ring substituents is 1. The molecule has 1 aromatic carbocycles. The molecule has 1 amide bonds. The van der Waals surface area contributed by atoms with Gasteiger partial charge in [-0.1, -0.05) is 6.07 Å². The van der Waals surface area contributed by atoms with Crippen LogP contribution in [-0.4, -0.2) is 34.9 Å². The summed E-state index contributed by atoms with van der Waals surface area (Å²) < 4.78 is 5.04. The molecular weight excluding hydrogens is 328 g/mol. The summed E-state index contributed by atoms with van der Waals surface area (Å²) >= 11 is 0.